The van der Waals surface area contributed by atoms with Gasteiger partial charge in [-0.1, -0.05) is 41.7 Å². The number of carboxylic acid groups (broad SMARTS) is 1. The van der Waals surface area contributed by atoms with Gasteiger partial charge in [-0.3, -0.25) is 0 Å². The number of fused-ring (bicyclic) bond motifs is 1. The lowest BCUT2D eigenvalue weighted by molar-refractivity contribution is -0.568. The van der Waals surface area contributed by atoms with Gasteiger partial charge in [0.25, 0.3) is 5.01 Å². The maximum absolute atomic E-state index is 11.2. The molecule has 0 aliphatic heterocycles. The van der Waals surface area contributed by atoms with Crippen LogP contribution in [0.4, 0.5) is 0 Å². The molecule has 88 valence electrons. The van der Waals surface area contributed by atoms with Crippen molar-refractivity contribution in [1.82, 2.24) is 0 Å². The van der Waals surface area contributed by atoms with E-state index >= 15 is 0 Å². The third-order valence-corrected chi connectivity index (χ3v) is 3.81. The quantitative estimate of drug-likeness (QED) is 0.652. The predicted molar refractivity (Wildman–Crippen MR) is 67.7 cm³/mol. The number of thiazole rings is 1. The molecule has 0 aliphatic carbocycles. The average Bonchev–Trinajstić information content (AvgIpc) is 2.79. The largest absolute Gasteiger partial charge is 0.539 e. The second-order valence-electron chi connectivity index (χ2n) is 3.83. The smallest absolute Gasteiger partial charge is 0.291 e. The Morgan fingerprint density at radius 1 is 1.00 bits per heavy atom. The van der Waals surface area contributed by atoms with E-state index in [1.165, 1.54) is 11.3 Å². The van der Waals surface area contributed by atoms with Crippen molar-refractivity contribution in [2.45, 2.75) is 0 Å². The highest BCUT2D eigenvalue weighted by molar-refractivity contribution is 7.19. The van der Waals surface area contributed by atoms with Crippen LogP contribution in [0.25, 0.3) is 15.9 Å². The zero-order chi connectivity index (χ0) is 12.5. The summed E-state index contributed by atoms with van der Waals surface area (Å²) in [6, 6.07) is 17.0. The van der Waals surface area contributed by atoms with Gasteiger partial charge in [0, 0.05) is 18.2 Å². The summed E-state index contributed by atoms with van der Waals surface area (Å²) in [6.45, 7) is 0. The zero-order valence-corrected chi connectivity index (χ0v) is 10.2. The minimum atomic E-state index is -1.15. The van der Waals surface area contributed by atoms with Gasteiger partial charge >= 0.3 is 0 Å². The summed E-state index contributed by atoms with van der Waals surface area (Å²) in [5, 5.41) is 11.5. The first-order chi connectivity index (χ1) is 8.77. The summed E-state index contributed by atoms with van der Waals surface area (Å²) in [5.41, 5.74) is 1.71. The Morgan fingerprint density at radius 2 is 1.67 bits per heavy atom. The van der Waals surface area contributed by atoms with Crippen LogP contribution in [0.5, 0.6) is 0 Å². The normalized spacial score (nSPS) is 10.7. The summed E-state index contributed by atoms with van der Waals surface area (Å²) >= 11 is 1.23. The van der Waals surface area contributed by atoms with Crippen LogP contribution in [-0.4, -0.2) is 5.97 Å². The summed E-state index contributed by atoms with van der Waals surface area (Å²) < 4.78 is 2.65. The fourth-order valence-electron chi connectivity index (χ4n) is 1.95. The lowest BCUT2D eigenvalue weighted by Gasteiger charge is -1.98. The second kappa shape index (κ2) is 4.23. The van der Waals surface area contributed by atoms with E-state index in [9.17, 15) is 9.90 Å². The molecular formula is C14H9NO2S. The summed E-state index contributed by atoms with van der Waals surface area (Å²) in [7, 11) is 0. The molecule has 3 nitrogen and oxygen atoms in total. The van der Waals surface area contributed by atoms with Crippen molar-refractivity contribution < 1.29 is 14.5 Å². The van der Waals surface area contributed by atoms with Crippen molar-refractivity contribution in [3.8, 4) is 5.69 Å². The van der Waals surface area contributed by atoms with Gasteiger partial charge in [0.05, 0.1) is 0 Å². The number of carboxylic acids is 1. The Labute approximate surface area is 108 Å². The molecule has 4 heteroatoms. The van der Waals surface area contributed by atoms with Gasteiger partial charge in [-0.25, -0.2) is 0 Å². The van der Waals surface area contributed by atoms with E-state index in [1.807, 2.05) is 54.6 Å². The second-order valence-corrected chi connectivity index (χ2v) is 4.86. The van der Waals surface area contributed by atoms with Crippen molar-refractivity contribution in [3.63, 3.8) is 0 Å². The number of aromatic nitrogens is 1. The van der Waals surface area contributed by atoms with E-state index in [2.05, 4.69) is 0 Å². The number of hydrogen-bond donors (Lipinski definition) is 0. The Morgan fingerprint density at radius 3 is 2.39 bits per heavy atom. The minimum absolute atomic E-state index is 0.211. The van der Waals surface area contributed by atoms with E-state index in [0.29, 0.717) is 0 Å². The van der Waals surface area contributed by atoms with Crippen LogP contribution in [0.15, 0.2) is 54.6 Å². The molecule has 0 saturated heterocycles. The van der Waals surface area contributed by atoms with Crippen LogP contribution in [0, 0.1) is 0 Å². The van der Waals surface area contributed by atoms with Gasteiger partial charge in [-0.2, -0.15) is 0 Å². The molecular weight excluding hydrogens is 246 g/mol. The number of aromatic carboxylic acids is 1. The highest BCUT2D eigenvalue weighted by Crippen LogP contribution is 2.21. The van der Waals surface area contributed by atoms with Crippen LogP contribution in [0.2, 0.25) is 0 Å². The third kappa shape index (κ3) is 1.67. The van der Waals surface area contributed by atoms with Crippen molar-refractivity contribution in [3.05, 3.63) is 59.6 Å². The Bertz CT molecular complexity index is 719. The number of rotatable bonds is 2. The molecule has 0 unspecified atom stereocenters. The summed E-state index contributed by atoms with van der Waals surface area (Å²) in [4.78, 5) is 11.2. The molecule has 3 aromatic rings. The van der Waals surface area contributed by atoms with E-state index in [1.54, 1.807) is 4.57 Å². The first-order valence-electron chi connectivity index (χ1n) is 5.48. The fraction of sp³-hybridized carbons (Fsp3) is 0. The first-order valence-corrected chi connectivity index (χ1v) is 6.29. The number of para-hydroxylation sites is 2. The van der Waals surface area contributed by atoms with Gasteiger partial charge in [0.2, 0.25) is 11.2 Å². The van der Waals surface area contributed by atoms with Crippen molar-refractivity contribution >= 4 is 27.5 Å². The Hall–Kier alpha value is -2.20. The monoisotopic (exact) mass is 255 g/mol. The number of hydrogen-bond acceptors (Lipinski definition) is 3. The predicted octanol–water partition coefficient (Wildman–Crippen LogP) is 1.54. The van der Waals surface area contributed by atoms with Crippen molar-refractivity contribution in [1.29, 1.82) is 0 Å². The van der Waals surface area contributed by atoms with Crippen molar-refractivity contribution in [2.75, 3.05) is 0 Å². The molecule has 0 radical (unpaired) electrons. The first kappa shape index (κ1) is 10.9. The van der Waals surface area contributed by atoms with E-state index in [0.717, 1.165) is 15.9 Å². The molecule has 1 aromatic heterocycles. The maximum atomic E-state index is 11.2. The van der Waals surface area contributed by atoms with Crippen LogP contribution >= 0.6 is 11.3 Å². The number of nitrogens with zero attached hydrogens (tertiary/aromatic N) is 1. The molecule has 0 saturated carbocycles. The highest BCUT2D eigenvalue weighted by atomic mass is 32.1. The van der Waals surface area contributed by atoms with Crippen LogP contribution < -0.4 is 9.67 Å². The molecule has 0 atom stereocenters. The van der Waals surface area contributed by atoms with Crippen molar-refractivity contribution in [2.24, 2.45) is 0 Å². The minimum Gasteiger partial charge on any atom is -0.539 e. The molecule has 3 rings (SSSR count). The van der Waals surface area contributed by atoms with Gasteiger partial charge < -0.3 is 9.90 Å². The lowest BCUT2D eigenvalue weighted by atomic mass is 10.3. The number of carbonyl (C=O) groups is 1. The SMILES string of the molecule is O=C([O-])c1sc2ccccc2[n+]1-c1ccccc1. The fourth-order valence-corrected chi connectivity index (χ4v) is 2.95. The molecule has 0 spiro atoms. The topological polar surface area (TPSA) is 44.0 Å². The van der Waals surface area contributed by atoms with E-state index in [4.69, 9.17) is 0 Å². The molecule has 1 heterocycles. The van der Waals surface area contributed by atoms with Gasteiger partial charge in [0.1, 0.15) is 4.70 Å². The van der Waals surface area contributed by atoms with Gasteiger partial charge in [-0.05, 0) is 6.07 Å². The lowest BCUT2D eigenvalue weighted by Crippen LogP contribution is -2.40. The standard InChI is InChI=1S/C14H9NO2S/c16-14(17)13-15(10-6-2-1-3-7-10)11-8-4-5-9-12(11)18-13/h1-9H. The third-order valence-electron chi connectivity index (χ3n) is 2.70. The molecule has 0 N–H and O–H groups in total. The summed E-state index contributed by atoms with van der Waals surface area (Å²) in [6.07, 6.45) is 0. The number of carbonyl (C=O) groups excluding carboxylic acids is 1. The van der Waals surface area contributed by atoms with Gasteiger partial charge in [-0.15, -0.1) is 4.57 Å². The zero-order valence-electron chi connectivity index (χ0n) is 9.37. The maximum Gasteiger partial charge on any atom is 0.291 e. The molecule has 0 aliphatic rings. The van der Waals surface area contributed by atoms with E-state index in [-0.39, 0.29) is 5.01 Å². The highest BCUT2D eigenvalue weighted by Gasteiger charge is 2.22. The molecule has 2 aromatic carbocycles. The van der Waals surface area contributed by atoms with Crippen LogP contribution in [-0.2, 0) is 0 Å². The molecule has 18 heavy (non-hydrogen) atoms. The Balaban J connectivity index is 2.38. The Kier molecular flexibility index (Phi) is 2.57. The van der Waals surface area contributed by atoms with Crippen LogP contribution in [0.3, 0.4) is 0 Å². The van der Waals surface area contributed by atoms with Gasteiger partial charge in [0.15, 0.2) is 5.97 Å². The average molecular weight is 255 g/mol. The molecule has 0 fully saturated rings. The van der Waals surface area contributed by atoms with Crippen LogP contribution in [0.1, 0.15) is 9.80 Å². The number of benzene rings is 2. The molecule has 0 amide bonds. The van der Waals surface area contributed by atoms with E-state index < -0.39 is 5.97 Å². The summed E-state index contributed by atoms with van der Waals surface area (Å²) in [5.74, 6) is -1.15. The molecule has 0 bridgehead atoms.